The van der Waals surface area contributed by atoms with Crippen LogP contribution in [0.1, 0.15) is 0 Å². The van der Waals surface area contributed by atoms with Crippen molar-refractivity contribution < 1.29 is 60.9 Å². The number of carbonyl (C=O) groups is 2. The van der Waals surface area contributed by atoms with Gasteiger partial charge in [0.25, 0.3) is 0 Å². The zero-order chi connectivity index (χ0) is 7.98. The summed E-state index contributed by atoms with van der Waals surface area (Å²) in [7, 11) is 0. The Morgan fingerprint density at radius 2 is 2.20 bits per heavy atom. The predicted octanol–water partition coefficient (Wildman–Crippen LogP) is -6.83. The molecule has 5 nitrogen and oxygen atoms in total. The zero-order valence-corrected chi connectivity index (χ0v) is 9.03. The van der Waals surface area contributed by atoms with Gasteiger partial charge in [-0.15, -0.1) is 0 Å². The monoisotopic (exact) mass is 373 g/mol. The molecule has 0 rings (SSSR count). The zero-order valence-electron chi connectivity index (χ0n) is 4.71. The first kappa shape index (κ1) is 10.4. The van der Waals surface area contributed by atoms with Gasteiger partial charge >= 0.3 is 79.2 Å². The summed E-state index contributed by atoms with van der Waals surface area (Å²) in [5.41, 5.74) is 0. The molecule has 0 bridgehead atoms. The van der Waals surface area contributed by atoms with Crippen molar-refractivity contribution in [1.29, 1.82) is 0 Å². The third-order valence-corrected chi connectivity index (χ3v) is 2.82. The van der Waals surface area contributed by atoms with Crippen LogP contribution in [-0.2, 0) is 7.86 Å². The summed E-state index contributed by atoms with van der Waals surface area (Å²) in [4.78, 5) is 20.4. The molecule has 0 aliphatic heterocycles. The van der Waals surface area contributed by atoms with Gasteiger partial charge in [-0.05, 0) is 0 Å². The Hall–Kier alpha value is 0.360. The van der Waals surface area contributed by atoms with E-state index in [1.54, 1.807) is 0 Å². The second-order valence-electron chi connectivity index (χ2n) is 1.06. The first-order chi connectivity index (χ1) is 4.66. The standard InChI is InChI=1S/C3H5I2NO4/c6-5-10-2(7)1-4-3(8)9/h1,6H2,(H,8,9)/q-2. The Bertz CT molecular complexity index is 138. The summed E-state index contributed by atoms with van der Waals surface area (Å²) in [5, 5.41) is 8.15. The fraction of sp³-hybridized carbons (Fsp3) is 0.333. The first-order valence-electron chi connectivity index (χ1n) is 2.02. The molecule has 0 radical (unpaired) electrons. The molecule has 0 atom stereocenters. The van der Waals surface area contributed by atoms with E-state index in [-0.39, 0.29) is 4.43 Å². The molecule has 0 unspecified atom stereocenters. The summed E-state index contributed by atoms with van der Waals surface area (Å²) in [5.74, 6) is -0.481. The van der Waals surface area contributed by atoms with Crippen molar-refractivity contribution in [1.82, 2.24) is 0 Å². The predicted molar refractivity (Wildman–Crippen MR) is 23.2 cm³/mol. The van der Waals surface area contributed by atoms with Crippen molar-refractivity contribution in [2.24, 2.45) is 3.95 Å². The number of nitrogens with two attached hydrogens (primary N) is 1. The van der Waals surface area contributed by atoms with Gasteiger partial charge < -0.3 is 0 Å². The fourth-order valence-electron chi connectivity index (χ4n) is 0.182. The van der Waals surface area contributed by atoms with Crippen LogP contribution in [0.25, 0.3) is 0 Å². The Kier molecular flexibility index (Phi) is 6.31. The molecule has 0 aliphatic rings. The third-order valence-electron chi connectivity index (χ3n) is 0.421. The van der Waals surface area contributed by atoms with Gasteiger partial charge in [0.15, 0.2) is 0 Å². The van der Waals surface area contributed by atoms with Gasteiger partial charge in [-0.2, -0.15) is 0 Å². The minimum absolute atomic E-state index is 0.0190. The van der Waals surface area contributed by atoms with Crippen molar-refractivity contribution in [3.8, 4) is 0 Å². The van der Waals surface area contributed by atoms with E-state index in [4.69, 9.17) is 9.05 Å². The van der Waals surface area contributed by atoms with Crippen molar-refractivity contribution in [3.63, 3.8) is 0 Å². The van der Waals surface area contributed by atoms with Crippen LogP contribution in [0.4, 0.5) is 4.79 Å². The molecule has 0 aromatic carbocycles. The van der Waals surface area contributed by atoms with Gasteiger partial charge in [0.05, 0.1) is 0 Å². The van der Waals surface area contributed by atoms with E-state index in [0.717, 1.165) is 0 Å². The molecule has 0 saturated heterocycles. The normalized spacial score (nSPS) is 9.70. The second-order valence-corrected chi connectivity index (χ2v) is 4.46. The van der Waals surface area contributed by atoms with Crippen LogP contribution in [-0.4, -0.2) is 19.5 Å². The molecular weight excluding hydrogens is 368 g/mol. The Labute approximate surface area is 78.7 Å². The maximum absolute atomic E-state index is 10.4. The number of carbonyl (C=O) groups excluding carboxylic acids is 1. The Morgan fingerprint density at radius 1 is 1.60 bits per heavy atom. The van der Waals surface area contributed by atoms with Gasteiger partial charge in [0, 0.05) is 0 Å². The van der Waals surface area contributed by atoms with E-state index in [1.807, 2.05) is 0 Å². The van der Waals surface area contributed by atoms with E-state index in [9.17, 15) is 9.59 Å². The fourth-order valence-corrected chi connectivity index (χ4v) is 2.01. The van der Waals surface area contributed by atoms with E-state index in [2.05, 4.69) is 3.07 Å². The van der Waals surface area contributed by atoms with Crippen LogP contribution in [0, 0.1) is 0 Å². The van der Waals surface area contributed by atoms with Gasteiger partial charge in [0.1, 0.15) is 0 Å². The van der Waals surface area contributed by atoms with Crippen LogP contribution >= 0.6 is 0 Å². The average molecular weight is 373 g/mol. The summed E-state index contributed by atoms with van der Waals surface area (Å²) >= 11 is -2.07. The van der Waals surface area contributed by atoms with E-state index in [0.29, 0.717) is 0 Å². The van der Waals surface area contributed by atoms with Crippen LogP contribution < -0.4 is 47.0 Å². The Balaban J connectivity index is 3.30. The van der Waals surface area contributed by atoms with Crippen LogP contribution in [0.15, 0.2) is 0 Å². The topological polar surface area (TPSA) is 89.6 Å². The quantitative estimate of drug-likeness (QED) is 0.222. The molecule has 0 spiro atoms. The summed E-state index contributed by atoms with van der Waals surface area (Å²) in [6, 6.07) is 0. The first-order valence-corrected chi connectivity index (χ1v) is 6.75. The molecule has 3 N–H and O–H groups in total. The number of hydrogen-bond donors (Lipinski definition) is 2. The van der Waals surface area contributed by atoms with Crippen molar-refractivity contribution in [2.75, 3.05) is 4.43 Å². The molecule has 0 aromatic rings. The maximum atomic E-state index is 10.4. The van der Waals surface area contributed by atoms with Crippen molar-refractivity contribution in [2.45, 2.75) is 0 Å². The van der Waals surface area contributed by atoms with Gasteiger partial charge in [-0.25, -0.2) is 0 Å². The number of carboxylic acid groups (broad SMARTS) is 1. The van der Waals surface area contributed by atoms with E-state index < -0.39 is 53.0 Å². The van der Waals surface area contributed by atoms with E-state index >= 15 is 0 Å². The third kappa shape index (κ3) is 6.48. The van der Waals surface area contributed by atoms with Crippen molar-refractivity contribution >= 4 is 9.95 Å². The van der Waals surface area contributed by atoms with Crippen LogP contribution in [0.3, 0.4) is 0 Å². The number of alkyl halides is 1. The van der Waals surface area contributed by atoms with E-state index in [1.165, 1.54) is 0 Å². The SMILES string of the molecule is N[I-]OC(=O)C[I-]C(=O)O. The molecule has 0 amide bonds. The molecule has 0 aromatic heterocycles. The van der Waals surface area contributed by atoms with Gasteiger partial charge in [-0.3, -0.25) is 0 Å². The number of hydrogen-bond acceptors (Lipinski definition) is 4. The summed E-state index contributed by atoms with van der Waals surface area (Å²) in [6.45, 7) is 0. The minimum atomic E-state index is -1.08. The van der Waals surface area contributed by atoms with Gasteiger partial charge in [0.2, 0.25) is 0 Å². The number of rotatable bonds is 4. The summed E-state index contributed by atoms with van der Waals surface area (Å²) < 4.78 is 8.49. The molecule has 0 aliphatic carbocycles. The summed E-state index contributed by atoms with van der Waals surface area (Å²) in [6.07, 6.45) is 0. The molecule has 62 valence electrons. The molecule has 0 heterocycles. The molecule has 10 heavy (non-hydrogen) atoms. The molecule has 7 heteroatoms. The molecule has 0 saturated carbocycles. The average Bonchev–Trinajstić information content (AvgIpc) is 1.85. The Morgan fingerprint density at radius 3 is 2.60 bits per heavy atom. The van der Waals surface area contributed by atoms with Crippen molar-refractivity contribution in [3.05, 3.63) is 0 Å². The molecule has 0 fully saturated rings. The van der Waals surface area contributed by atoms with Gasteiger partial charge in [-0.1, -0.05) is 0 Å². The second kappa shape index (κ2) is 6.09. The number of halogens is 2. The van der Waals surface area contributed by atoms with Crippen LogP contribution in [0.5, 0.6) is 0 Å². The molecular formula is C3H5I2NO4-2. The van der Waals surface area contributed by atoms with Crippen LogP contribution in [0.2, 0.25) is 0 Å².